The number of aryl methyl sites for hydroxylation is 1. The van der Waals surface area contributed by atoms with Crippen molar-refractivity contribution >= 4 is 11.8 Å². The van der Waals surface area contributed by atoms with Crippen molar-refractivity contribution in [1.82, 2.24) is 0 Å². The van der Waals surface area contributed by atoms with Crippen LogP contribution in [0.25, 0.3) is 0 Å². The van der Waals surface area contributed by atoms with Gasteiger partial charge < -0.3 is 14.3 Å². The van der Waals surface area contributed by atoms with Gasteiger partial charge in [-0.15, -0.1) is 0 Å². The molecule has 0 bridgehead atoms. The molecule has 0 fully saturated rings. The molecule has 5 nitrogen and oxygen atoms in total. The lowest BCUT2D eigenvalue weighted by molar-refractivity contribution is 0.0658. The number of aromatic carboxylic acids is 1. The summed E-state index contributed by atoms with van der Waals surface area (Å²) in [6, 6.07) is 8.38. The van der Waals surface area contributed by atoms with E-state index in [1.165, 1.54) is 6.07 Å². The number of hydrogen-bond acceptors (Lipinski definition) is 4. The molecule has 1 aromatic carbocycles. The van der Waals surface area contributed by atoms with E-state index in [9.17, 15) is 9.59 Å². The van der Waals surface area contributed by atoms with Crippen molar-refractivity contribution < 1.29 is 23.8 Å². The fourth-order valence-electron chi connectivity index (χ4n) is 2.44. The van der Waals surface area contributed by atoms with Crippen LogP contribution in [0.15, 0.2) is 34.7 Å². The molecule has 2 aromatic rings. The third kappa shape index (κ3) is 2.81. The number of carboxylic acids is 1. The Morgan fingerprint density at radius 1 is 1.24 bits per heavy atom. The normalized spacial score (nSPS) is 13.8. The van der Waals surface area contributed by atoms with Crippen molar-refractivity contribution in [1.29, 1.82) is 0 Å². The summed E-state index contributed by atoms with van der Waals surface area (Å²) in [5.74, 6) is 0.0658. The van der Waals surface area contributed by atoms with E-state index in [0.29, 0.717) is 17.9 Å². The van der Waals surface area contributed by atoms with E-state index in [2.05, 4.69) is 0 Å². The predicted molar refractivity (Wildman–Crippen MR) is 73.7 cm³/mol. The summed E-state index contributed by atoms with van der Waals surface area (Å²) in [6.45, 7) is 0.153. The van der Waals surface area contributed by atoms with Gasteiger partial charge in [0.2, 0.25) is 5.76 Å². The summed E-state index contributed by atoms with van der Waals surface area (Å²) in [4.78, 5) is 22.4. The number of fused-ring (bicyclic) bond motifs is 1. The van der Waals surface area contributed by atoms with Crippen molar-refractivity contribution in [3.8, 4) is 5.75 Å². The molecule has 0 spiro atoms. The maximum atomic E-state index is 11.7. The summed E-state index contributed by atoms with van der Waals surface area (Å²) in [5.41, 5.74) is 1.79. The third-order valence-electron chi connectivity index (χ3n) is 3.48. The highest BCUT2D eigenvalue weighted by Gasteiger charge is 2.17. The van der Waals surface area contributed by atoms with E-state index in [1.54, 1.807) is 18.2 Å². The van der Waals surface area contributed by atoms with Crippen molar-refractivity contribution in [2.45, 2.75) is 25.9 Å². The van der Waals surface area contributed by atoms with Gasteiger partial charge in [-0.2, -0.15) is 0 Å². The summed E-state index contributed by atoms with van der Waals surface area (Å²) >= 11 is 0. The van der Waals surface area contributed by atoms with Crippen LogP contribution in [0.1, 0.15) is 45.1 Å². The maximum absolute atomic E-state index is 11.7. The number of hydrogen-bond donors (Lipinski definition) is 1. The smallest absolute Gasteiger partial charge is 0.371 e. The minimum atomic E-state index is -1.10. The Balaban J connectivity index is 1.70. The van der Waals surface area contributed by atoms with E-state index in [1.807, 2.05) is 6.07 Å². The molecule has 5 heteroatoms. The fourth-order valence-corrected chi connectivity index (χ4v) is 2.44. The van der Waals surface area contributed by atoms with E-state index in [4.69, 9.17) is 14.3 Å². The SMILES string of the molecule is O=C(O)c1ccc(COc2ccc3c(c2)CCCC3=O)o1. The lowest BCUT2D eigenvalue weighted by Crippen LogP contribution is -2.10. The number of carbonyl (C=O) groups is 2. The Hall–Kier alpha value is -2.56. The first-order chi connectivity index (χ1) is 10.1. The second-order valence-corrected chi connectivity index (χ2v) is 4.96. The average Bonchev–Trinajstić information content (AvgIpc) is 2.94. The number of carbonyl (C=O) groups excluding carboxylic acids is 1. The van der Waals surface area contributed by atoms with Crippen LogP contribution in [0.5, 0.6) is 5.75 Å². The molecule has 0 atom stereocenters. The first-order valence-electron chi connectivity index (χ1n) is 6.74. The van der Waals surface area contributed by atoms with Crippen molar-refractivity contribution in [3.05, 3.63) is 53.0 Å². The Morgan fingerprint density at radius 3 is 2.86 bits per heavy atom. The quantitative estimate of drug-likeness (QED) is 0.934. The molecule has 0 saturated heterocycles. The molecule has 21 heavy (non-hydrogen) atoms. The zero-order valence-electron chi connectivity index (χ0n) is 11.3. The predicted octanol–water partition coefficient (Wildman–Crippen LogP) is 3.08. The first-order valence-corrected chi connectivity index (χ1v) is 6.74. The number of benzene rings is 1. The summed E-state index contributed by atoms with van der Waals surface area (Å²) in [5, 5.41) is 8.77. The van der Waals surface area contributed by atoms with Crippen LogP contribution in [0.2, 0.25) is 0 Å². The van der Waals surface area contributed by atoms with Gasteiger partial charge in [0.15, 0.2) is 5.78 Å². The Kier molecular flexibility index (Phi) is 3.48. The molecular weight excluding hydrogens is 272 g/mol. The Labute approximate surface area is 121 Å². The molecule has 1 N–H and O–H groups in total. The van der Waals surface area contributed by atoms with Gasteiger partial charge in [-0.3, -0.25) is 4.79 Å². The summed E-state index contributed by atoms with van der Waals surface area (Å²) in [7, 11) is 0. The first kappa shape index (κ1) is 13.4. The molecule has 0 saturated carbocycles. The Bertz CT molecular complexity index is 698. The molecule has 1 aliphatic carbocycles. The number of ether oxygens (including phenoxy) is 1. The van der Waals surface area contributed by atoms with Crippen molar-refractivity contribution in [2.75, 3.05) is 0 Å². The van der Waals surface area contributed by atoms with Gasteiger partial charge in [0.25, 0.3) is 0 Å². The second-order valence-electron chi connectivity index (χ2n) is 4.96. The van der Waals surface area contributed by atoms with Crippen LogP contribution >= 0.6 is 0 Å². The molecule has 0 unspecified atom stereocenters. The average molecular weight is 286 g/mol. The second kappa shape index (κ2) is 5.44. The van der Waals surface area contributed by atoms with Crippen LogP contribution < -0.4 is 4.74 Å². The Morgan fingerprint density at radius 2 is 2.10 bits per heavy atom. The van der Waals surface area contributed by atoms with Gasteiger partial charge in [0.1, 0.15) is 18.1 Å². The van der Waals surface area contributed by atoms with Crippen molar-refractivity contribution in [2.24, 2.45) is 0 Å². The molecule has 0 amide bonds. The van der Waals surface area contributed by atoms with Gasteiger partial charge >= 0.3 is 5.97 Å². The highest BCUT2D eigenvalue weighted by atomic mass is 16.5. The molecular formula is C16H14O5. The summed E-state index contributed by atoms with van der Waals surface area (Å²) in [6.07, 6.45) is 2.36. The number of rotatable bonds is 4. The maximum Gasteiger partial charge on any atom is 0.371 e. The van der Waals surface area contributed by atoms with Gasteiger partial charge in [0, 0.05) is 12.0 Å². The minimum absolute atomic E-state index is 0.107. The number of ketones is 1. The van der Waals surface area contributed by atoms with E-state index >= 15 is 0 Å². The monoisotopic (exact) mass is 286 g/mol. The molecule has 1 heterocycles. The molecule has 0 aliphatic heterocycles. The van der Waals surface area contributed by atoms with E-state index in [-0.39, 0.29) is 18.2 Å². The van der Waals surface area contributed by atoms with Gasteiger partial charge in [-0.1, -0.05) is 0 Å². The van der Waals surface area contributed by atoms with Crippen molar-refractivity contribution in [3.63, 3.8) is 0 Å². The van der Waals surface area contributed by atoms with Crippen LogP contribution in [0.4, 0.5) is 0 Å². The zero-order valence-corrected chi connectivity index (χ0v) is 11.3. The standard InChI is InChI=1S/C16H14O5/c17-14-3-1-2-10-8-11(4-6-13(10)14)20-9-12-5-7-15(21-12)16(18)19/h4-8H,1-3,9H2,(H,18,19). The highest BCUT2D eigenvalue weighted by molar-refractivity contribution is 5.98. The van der Waals surface area contributed by atoms with Crippen LogP contribution in [-0.2, 0) is 13.0 Å². The third-order valence-corrected chi connectivity index (χ3v) is 3.48. The molecule has 3 rings (SSSR count). The van der Waals surface area contributed by atoms with Gasteiger partial charge in [-0.05, 0) is 48.7 Å². The van der Waals surface area contributed by atoms with Crippen LogP contribution in [-0.4, -0.2) is 16.9 Å². The van der Waals surface area contributed by atoms with E-state index in [0.717, 1.165) is 24.0 Å². The molecule has 1 aliphatic rings. The zero-order chi connectivity index (χ0) is 14.8. The largest absolute Gasteiger partial charge is 0.486 e. The number of Topliss-reactive ketones (excluding diaryl/α,β-unsaturated/α-hetero) is 1. The number of furan rings is 1. The fraction of sp³-hybridized carbons (Fsp3) is 0.250. The lowest BCUT2D eigenvalue weighted by Gasteiger charge is -2.15. The van der Waals surface area contributed by atoms with Gasteiger partial charge in [0.05, 0.1) is 0 Å². The van der Waals surface area contributed by atoms with Gasteiger partial charge in [-0.25, -0.2) is 4.79 Å². The van der Waals surface area contributed by atoms with Crippen LogP contribution in [0, 0.1) is 0 Å². The van der Waals surface area contributed by atoms with E-state index < -0.39 is 5.97 Å². The highest BCUT2D eigenvalue weighted by Crippen LogP contribution is 2.26. The minimum Gasteiger partial charge on any atom is -0.486 e. The number of carboxylic acid groups (broad SMARTS) is 1. The molecule has 0 radical (unpaired) electrons. The molecule has 108 valence electrons. The van der Waals surface area contributed by atoms with Crippen LogP contribution in [0.3, 0.4) is 0 Å². The summed E-state index contributed by atoms with van der Waals surface area (Å²) < 4.78 is 10.7. The lowest BCUT2D eigenvalue weighted by atomic mass is 9.91. The topological polar surface area (TPSA) is 76.7 Å². The molecule has 1 aromatic heterocycles.